The van der Waals surface area contributed by atoms with E-state index in [9.17, 15) is 0 Å². The first-order valence-corrected chi connectivity index (χ1v) is 7.61. The summed E-state index contributed by atoms with van der Waals surface area (Å²) in [6.45, 7) is 2.63. The highest BCUT2D eigenvalue weighted by Crippen LogP contribution is 2.33. The highest BCUT2D eigenvalue weighted by Gasteiger charge is 2.24. The molecule has 2 aromatic carbocycles. The molecule has 0 unspecified atom stereocenters. The Labute approximate surface area is 126 Å². The summed E-state index contributed by atoms with van der Waals surface area (Å²) in [5.74, 6) is 0.797. The van der Waals surface area contributed by atoms with Gasteiger partial charge in [-0.05, 0) is 43.2 Å². The molecule has 0 aliphatic heterocycles. The first-order valence-electron chi connectivity index (χ1n) is 7.61. The van der Waals surface area contributed by atoms with Gasteiger partial charge in [0.05, 0.1) is 5.71 Å². The molecule has 2 nitrogen and oxygen atoms in total. The van der Waals surface area contributed by atoms with Crippen LogP contribution in [0.4, 0.5) is 0 Å². The Morgan fingerprint density at radius 3 is 2.43 bits per heavy atom. The van der Waals surface area contributed by atoms with Crippen molar-refractivity contribution in [3.8, 4) is 0 Å². The monoisotopic (exact) mass is 279 g/mol. The Morgan fingerprint density at radius 2 is 1.76 bits per heavy atom. The molecule has 0 radical (unpaired) electrons. The summed E-state index contributed by atoms with van der Waals surface area (Å²) in [5.41, 5.74) is 4.68. The number of hydrogen-bond acceptors (Lipinski definition) is 2. The van der Waals surface area contributed by atoms with Crippen molar-refractivity contribution in [1.82, 2.24) is 0 Å². The SMILES string of the molecule is Cc1ccc(C(CC2CC2)=NOCc2ccccc2)cc1. The molecule has 2 heteroatoms. The van der Waals surface area contributed by atoms with Crippen molar-refractivity contribution < 1.29 is 4.84 Å². The van der Waals surface area contributed by atoms with Gasteiger partial charge in [-0.1, -0.05) is 65.3 Å². The van der Waals surface area contributed by atoms with E-state index in [2.05, 4.69) is 48.5 Å². The van der Waals surface area contributed by atoms with Gasteiger partial charge in [-0.15, -0.1) is 0 Å². The van der Waals surface area contributed by atoms with Gasteiger partial charge in [0.25, 0.3) is 0 Å². The Bertz CT molecular complexity index is 597. The van der Waals surface area contributed by atoms with Crippen molar-refractivity contribution in [2.75, 3.05) is 0 Å². The quantitative estimate of drug-likeness (QED) is 0.554. The zero-order valence-electron chi connectivity index (χ0n) is 12.5. The largest absolute Gasteiger partial charge is 0.391 e. The lowest BCUT2D eigenvalue weighted by Crippen LogP contribution is -2.04. The molecule has 1 saturated carbocycles. The summed E-state index contributed by atoms with van der Waals surface area (Å²) in [7, 11) is 0. The molecule has 0 N–H and O–H groups in total. The topological polar surface area (TPSA) is 21.6 Å². The minimum absolute atomic E-state index is 0.529. The maximum absolute atomic E-state index is 5.58. The fourth-order valence-corrected chi connectivity index (χ4v) is 2.31. The molecular weight excluding hydrogens is 258 g/mol. The smallest absolute Gasteiger partial charge is 0.142 e. The van der Waals surface area contributed by atoms with E-state index in [1.807, 2.05) is 18.2 Å². The molecule has 0 atom stereocenters. The van der Waals surface area contributed by atoms with Gasteiger partial charge in [0, 0.05) is 0 Å². The average molecular weight is 279 g/mol. The second-order valence-electron chi connectivity index (χ2n) is 5.81. The second kappa shape index (κ2) is 6.57. The molecule has 0 amide bonds. The highest BCUT2D eigenvalue weighted by molar-refractivity contribution is 6.00. The van der Waals surface area contributed by atoms with Crippen LogP contribution in [0.25, 0.3) is 0 Å². The van der Waals surface area contributed by atoms with Gasteiger partial charge < -0.3 is 4.84 Å². The van der Waals surface area contributed by atoms with E-state index in [1.54, 1.807) is 0 Å². The molecule has 3 rings (SSSR count). The molecule has 21 heavy (non-hydrogen) atoms. The third kappa shape index (κ3) is 4.19. The number of hydrogen-bond donors (Lipinski definition) is 0. The maximum atomic E-state index is 5.58. The van der Waals surface area contributed by atoms with E-state index in [1.165, 1.54) is 24.0 Å². The van der Waals surface area contributed by atoms with Crippen molar-refractivity contribution in [3.63, 3.8) is 0 Å². The van der Waals surface area contributed by atoms with Crippen LogP contribution in [0, 0.1) is 12.8 Å². The van der Waals surface area contributed by atoms with Gasteiger partial charge in [-0.3, -0.25) is 0 Å². The maximum Gasteiger partial charge on any atom is 0.142 e. The minimum atomic E-state index is 0.529. The van der Waals surface area contributed by atoms with E-state index in [0.29, 0.717) is 6.61 Å². The molecule has 0 bridgehead atoms. The van der Waals surface area contributed by atoms with Crippen LogP contribution in [0.2, 0.25) is 0 Å². The predicted molar refractivity (Wildman–Crippen MR) is 86.3 cm³/mol. The van der Waals surface area contributed by atoms with Crippen LogP contribution in [-0.2, 0) is 11.4 Å². The molecule has 1 aliphatic carbocycles. The first-order chi connectivity index (χ1) is 10.3. The van der Waals surface area contributed by atoms with Gasteiger partial charge in [0.15, 0.2) is 0 Å². The molecule has 2 aromatic rings. The van der Waals surface area contributed by atoms with Gasteiger partial charge in [0.2, 0.25) is 0 Å². The van der Waals surface area contributed by atoms with Crippen LogP contribution in [-0.4, -0.2) is 5.71 Å². The summed E-state index contributed by atoms with van der Waals surface area (Å²) < 4.78 is 0. The molecule has 1 fully saturated rings. The molecular formula is C19H21NO. The highest BCUT2D eigenvalue weighted by atomic mass is 16.6. The van der Waals surface area contributed by atoms with E-state index in [4.69, 9.17) is 4.84 Å². The Morgan fingerprint density at radius 1 is 1.05 bits per heavy atom. The minimum Gasteiger partial charge on any atom is -0.391 e. The van der Waals surface area contributed by atoms with Crippen LogP contribution in [0.3, 0.4) is 0 Å². The summed E-state index contributed by atoms with van der Waals surface area (Å²) in [4.78, 5) is 5.58. The zero-order chi connectivity index (χ0) is 14.5. The van der Waals surface area contributed by atoms with Crippen molar-refractivity contribution in [3.05, 3.63) is 71.3 Å². The summed E-state index contributed by atoms with van der Waals surface area (Å²) in [6, 6.07) is 18.7. The fraction of sp³-hybridized carbons (Fsp3) is 0.316. The van der Waals surface area contributed by atoms with Gasteiger partial charge in [0.1, 0.15) is 6.61 Å². The summed E-state index contributed by atoms with van der Waals surface area (Å²) in [6.07, 6.45) is 3.67. The number of benzene rings is 2. The van der Waals surface area contributed by atoms with Crippen molar-refractivity contribution >= 4 is 5.71 Å². The van der Waals surface area contributed by atoms with Gasteiger partial charge in [-0.2, -0.15) is 0 Å². The molecule has 0 spiro atoms. The van der Waals surface area contributed by atoms with Crippen LogP contribution in [0.5, 0.6) is 0 Å². The van der Waals surface area contributed by atoms with Crippen molar-refractivity contribution in [1.29, 1.82) is 0 Å². The zero-order valence-corrected chi connectivity index (χ0v) is 12.5. The van der Waals surface area contributed by atoms with Gasteiger partial charge in [-0.25, -0.2) is 0 Å². The summed E-state index contributed by atoms with van der Waals surface area (Å²) >= 11 is 0. The predicted octanol–water partition coefficient (Wildman–Crippen LogP) is 4.72. The molecule has 1 aliphatic rings. The van der Waals surface area contributed by atoms with E-state index >= 15 is 0 Å². The Hall–Kier alpha value is -2.09. The lowest BCUT2D eigenvalue weighted by molar-refractivity contribution is 0.130. The van der Waals surface area contributed by atoms with Crippen molar-refractivity contribution in [2.45, 2.75) is 32.8 Å². The van der Waals surface area contributed by atoms with Crippen LogP contribution < -0.4 is 0 Å². The van der Waals surface area contributed by atoms with Crippen LogP contribution in [0.1, 0.15) is 36.0 Å². The molecule has 0 heterocycles. The van der Waals surface area contributed by atoms with E-state index < -0.39 is 0 Å². The third-order valence-corrected chi connectivity index (χ3v) is 3.81. The number of rotatable bonds is 6. The molecule has 0 saturated heterocycles. The van der Waals surface area contributed by atoms with E-state index in [-0.39, 0.29) is 0 Å². The average Bonchev–Trinajstić information content (AvgIpc) is 3.32. The van der Waals surface area contributed by atoms with Crippen LogP contribution in [0.15, 0.2) is 59.8 Å². The number of nitrogens with zero attached hydrogens (tertiary/aromatic N) is 1. The fourth-order valence-electron chi connectivity index (χ4n) is 2.31. The lowest BCUT2D eigenvalue weighted by atomic mass is 10.0. The van der Waals surface area contributed by atoms with E-state index in [0.717, 1.165) is 23.6 Å². The first kappa shape index (κ1) is 13.9. The number of oxime groups is 1. The molecule has 108 valence electrons. The number of aryl methyl sites for hydroxylation is 1. The standard InChI is InChI=1S/C19H21NO/c1-15-7-11-18(12-8-15)19(13-16-9-10-16)20-21-14-17-5-3-2-4-6-17/h2-8,11-12,16H,9-10,13-14H2,1H3. The van der Waals surface area contributed by atoms with Crippen LogP contribution >= 0.6 is 0 Å². The Kier molecular flexibility index (Phi) is 4.34. The third-order valence-electron chi connectivity index (χ3n) is 3.81. The normalized spacial score (nSPS) is 15.0. The summed E-state index contributed by atoms with van der Waals surface area (Å²) in [5, 5.41) is 4.42. The van der Waals surface area contributed by atoms with Gasteiger partial charge >= 0.3 is 0 Å². The molecule has 0 aromatic heterocycles. The Balaban J connectivity index is 1.69. The second-order valence-corrected chi connectivity index (χ2v) is 5.81. The lowest BCUT2D eigenvalue weighted by Gasteiger charge is -2.07. The van der Waals surface area contributed by atoms with Crippen molar-refractivity contribution in [2.24, 2.45) is 11.1 Å².